The summed E-state index contributed by atoms with van der Waals surface area (Å²) in [5.74, 6) is -1.34. The van der Waals surface area contributed by atoms with Crippen LogP contribution in [0.3, 0.4) is 0 Å². The minimum atomic E-state index is -3.29. The maximum Gasteiger partial charge on any atom is 0.294 e. The predicted molar refractivity (Wildman–Crippen MR) is 92.9 cm³/mol. The number of aromatic nitrogens is 1. The first-order valence-corrected chi connectivity index (χ1v) is 9.85. The van der Waals surface area contributed by atoms with Crippen LogP contribution in [-0.4, -0.2) is 53.3 Å². The fraction of sp³-hybridized carbons (Fsp3) is 0.267. The van der Waals surface area contributed by atoms with Gasteiger partial charge in [-0.2, -0.15) is 0 Å². The normalized spacial score (nSPS) is 23.6. The molecule has 3 amide bonds. The van der Waals surface area contributed by atoms with Crippen molar-refractivity contribution in [2.24, 2.45) is 7.05 Å². The summed E-state index contributed by atoms with van der Waals surface area (Å²) < 4.78 is 24.4. The van der Waals surface area contributed by atoms with Crippen molar-refractivity contribution >= 4 is 44.7 Å². The summed E-state index contributed by atoms with van der Waals surface area (Å²) in [6.45, 7) is -0.445. The molecular formula is C15H15N3O5S2. The zero-order chi connectivity index (χ0) is 18.2. The molecule has 0 radical (unpaired) electrons. The number of amides is 3. The number of nitrogens with one attached hydrogen (secondary N) is 1. The summed E-state index contributed by atoms with van der Waals surface area (Å²) in [6.07, 6.45) is 4.78. The van der Waals surface area contributed by atoms with Crippen molar-refractivity contribution in [2.75, 3.05) is 12.3 Å². The molecule has 1 aromatic heterocycles. The summed E-state index contributed by atoms with van der Waals surface area (Å²) in [7, 11) is -1.48. The van der Waals surface area contributed by atoms with E-state index < -0.39 is 39.5 Å². The molecule has 1 atom stereocenters. The molecule has 0 saturated carbocycles. The van der Waals surface area contributed by atoms with E-state index >= 15 is 0 Å². The number of carbonyl (C=O) groups excluding carboxylic acids is 3. The highest BCUT2D eigenvalue weighted by Crippen LogP contribution is 2.31. The third kappa shape index (κ3) is 3.85. The van der Waals surface area contributed by atoms with Gasteiger partial charge in [-0.15, -0.1) is 0 Å². The monoisotopic (exact) mass is 381 g/mol. The van der Waals surface area contributed by atoms with Gasteiger partial charge in [-0.3, -0.25) is 19.3 Å². The Hall–Kier alpha value is -2.33. The highest BCUT2D eigenvalue weighted by Gasteiger charge is 2.37. The van der Waals surface area contributed by atoms with Crippen LogP contribution in [0.2, 0.25) is 0 Å². The lowest BCUT2D eigenvalue weighted by Gasteiger charge is -2.14. The Kier molecular flexibility index (Phi) is 4.56. The second-order valence-electron chi connectivity index (χ2n) is 5.64. The fourth-order valence-corrected chi connectivity index (χ4v) is 4.51. The van der Waals surface area contributed by atoms with Gasteiger partial charge in [-0.25, -0.2) is 8.42 Å². The number of thioether (sulfide) groups is 1. The molecule has 8 nitrogen and oxygen atoms in total. The maximum absolute atomic E-state index is 12.3. The summed E-state index contributed by atoms with van der Waals surface area (Å²) in [6, 6.07) is 2.97. The molecule has 0 bridgehead atoms. The Bertz CT molecular complexity index is 913. The van der Waals surface area contributed by atoms with Crippen LogP contribution in [0.1, 0.15) is 5.69 Å². The molecule has 25 heavy (non-hydrogen) atoms. The topological polar surface area (TPSA) is 106 Å². The van der Waals surface area contributed by atoms with E-state index in [4.69, 9.17) is 0 Å². The van der Waals surface area contributed by atoms with Gasteiger partial charge in [-0.05, 0) is 36.0 Å². The molecule has 3 rings (SSSR count). The largest absolute Gasteiger partial charge is 0.351 e. The smallest absolute Gasteiger partial charge is 0.294 e. The van der Waals surface area contributed by atoms with Crippen molar-refractivity contribution < 1.29 is 22.8 Å². The Morgan fingerprint density at radius 2 is 2.20 bits per heavy atom. The van der Waals surface area contributed by atoms with Gasteiger partial charge in [0.2, 0.25) is 5.91 Å². The summed E-state index contributed by atoms with van der Waals surface area (Å²) in [5.41, 5.74) is 0.760. The number of carbonyl (C=O) groups is 3. The number of imide groups is 1. The van der Waals surface area contributed by atoms with Gasteiger partial charge in [0, 0.05) is 24.3 Å². The van der Waals surface area contributed by atoms with Crippen LogP contribution in [0.15, 0.2) is 34.7 Å². The lowest BCUT2D eigenvalue weighted by atomic mass is 10.3. The molecule has 2 aliphatic heterocycles. The number of aryl methyl sites for hydroxylation is 1. The van der Waals surface area contributed by atoms with Crippen molar-refractivity contribution in [1.29, 1.82) is 0 Å². The number of sulfone groups is 1. The van der Waals surface area contributed by atoms with Crippen LogP contribution in [0.5, 0.6) is 0 Å². The van der Waals surface area contributed by atoms with Gasteiger partial charge in [-0.1, -0.05) is 0 Å². The molecule has 0 aliphatic carbocycles. The Morgan fingerprint density at radius 3 is 2.80 bits per heavy atom. The third-order valence-electron chi connectivity index (χ3n) is 3.71. The lowest BCUT2D eigenvalue weighted by Crippen LogP contribution is -2.43. The van der Waals surface area contributed by atoms with Gasteiger partial charge >= 0.3 is 0 Å². The minimum Gasteiger partial charge on any atom is -0.351 e. The second kappa shape index (κ2) is 6.52. The molecule has 0 aromatic carbocycles. The van der Waals surface area contributed by atoms with Gasteiger partial charge in [0.25, 0.3) is 11.1 Å². The third-order valence-corrected chi connectivity index (χ3v) is 6.02. The molecule has 132 valence electrons. The first-order chi connectivity index (χ1) is 11.7. The van der Waals surface area contributed by atoms with Crippen molar-refractivity contribution in [1.82, 2.24) is 14.8 Å². The quantitative estimate of drug-likeness (QED) is 0.761. The number of hydrogen-bond donors (Lipinski definition) is 1. The summed E-state index contributed by atoms with van der Waals surface area (Å²) in [4.78, 5) is 37.5. The van der Waals surface area contributed by atoms with Crippen molar-refractivity contribution in [3.63, 3.8) is 0 Å². The van der Waals surface area contributed by atoms with Gasteiger partial charge in [0.1, 0.15) is 6.54 Å². The Balaban J connectivity index is 1.65. The fourth-order valence-electron chi connectivity index (χ4n) is 2.46. The van der Waals surface area contributed by atoms with Crippen molar-refractivity contribution in [3.05, 3.63) is 40.4 Å². The summed E-state index contributed by atoms with van der Waals surface area (Å²) >= 11 is 0.769. The Morgan fingerprint density at radius 1 is 1.44 bits per heavy atom. The van der Waals surface area contributed by atoms with Crippen molar-refractivity contribution in [2.45, 2.75) is 6.04 Å². The first-order valence-electron chi connectivity index (χ1n) is 7.32. The summed E-state index contributed by atoms with van der Waals surface area (Å²) in [5, 5.41) is 3.00. The van der Waals surface area contributed by atoms with Crippen molar-refractivity contribution in [3.8, 4) is 0 Å². The Labute approximate surface area is 148 Å². The lowest BCUT2D eigenvalue weighted by molar-refractivity contribution is -0.129. The molecule has 3 heterocycles. The molecule has 1 fully saturated rings. The van der Waals surface area contributed by atoms with E-state index in [1.807, 2.05) is 19.3 Å². The van der Waals surface area contributed by atoms with Gasteiger partial charge in [0.05, 0.1) is 16.7 Å². The molecule has 1 unspecified atom stereocenters. The highest BCUT2D eigenvalue weighted by molar-refractivity contribution is 8.18. The molecule has 1 saturated heterocycles. The zero-order valence-electron chi connectivity index (χ0n) is 13.2. The van der Waals surface area contributed by atoms with Gasteiger partial charge < -0.3 is 9.88 Å². The van der Waals surface area contributed by atoms with Crippen LogP contribution >= 0.6 is 11.8 Å². The molecule has 1 aromatic rings. The van der Waals surface area contributed by atoms with E-state index in [0.717, 1.165) is 27.8 Å². The number of hydrogen-bond acceptors (Lipinski definition) is 6. The average molecular weight is 381 g/mol. The SMILES string of the molecule is Cn1cccc1C=C1SC(=O)N(CC(=O)NC2C=CS(=O)(=O)C2)C1=O. The predicted octanol–water partition coefficient (Wildman–Crippen LogP) is 0.488. The van der Waals surface area contributed by atoms with E-state index in [9.17, 15) is 22.8 Å². The molecule has 1 N–H and O–H groups in total. The van der Waals surface area contributed by atoms with Crippen LogP contribution in [-0.2, 0) is 26.5 Å². The van der Waals surface area contributed by atoms with Gasteiger partial charge in [0.15, 0.2) is 9.84 Å². The minimum absolute atomic E-state index is 0.214. The van der Waals surface area contributed by atoms with E-state index in [-0.39, 0.29) is 10.7 Å². The first kappa shape index (κ1) is 17.5. The molecule has 10 heteroatoms. The molecule has 2 aliphatic rings. The van der Waals surface area contributed by atoms with Crippen LogP contribution in [0.4, 0.5) is 4.79 Å². The zero-order valence-corrected chi connectivity index (χ0v) is 14.8. The highest BCUT2D eigenvalue weighted by atomic mass is 32.2. The van der Waals surface area contributed by atoms with Crippen LogP contribution in [0.25, 0.3) is 6.08 Å². The van der Waals surface area contributed by atoms with E-state index in [1.165, 1.54) is 6.08 Å². The standard InChI is InChI=1S/C15H15N3O5S2/c1-17-5-2-3-11(17)7-12-14(20)18(15(21)24-12)8-13(19)16-10-4-6-25(22,23)9-10/h2-7,10H,8-9H2,1H3,(H,16,19). The molecular weight excluding hydrogens is 366 g/mol. The number of rotatable bonds is 4. The maximum atomic E-state index is 12.3. The number of nitrogens with zero attached hydrogens (tertiary/aromatic N) is 2. The second-order valence-corrected chi connectivity index (χ2v) is 8.57. The molecule has 0 spiro atoms. The average Bonchev–Trinajstić information content (AvgIpc) is 3.15. The van der Waals surface area contributed by atoms with Crippen LogP contribution in [0, 0.1) is 0 Å². The van der Waals surface area contributed by atoms with E-state index in [0.29, 0.717) is 0 Å². The van der Waals surface area contributed by atoms with Crippen LogP contribution < -0.4 is 5.32 Å². The van der Waals surface area contributed by atoms with E-state index in [2.05, 4.69) is 5.32 Å². The van der Waals surface area contributed by atoms with E-state index in [1.54, 1.807) is 16.7 Å².